The van der Waals surface area contributed by atoms with E-state index >= 15 is 0 Å². The quantitative estimate of drug-likeness (QED) is 0.689. The van der Waals surface area contributed by atoms with E-state index in [1.165, 1.54) is 0 Å². The van der Waals surface area contributed by atoms with Crippen molar-refractivity contribution >= 4 is 10.9 Å². The Labute approximate surface area is 122 Å². The summed E-state index contributed by atoms with van der Waals surface area (Å²) in [4.78, 5) is 12.2. The van der Waals surface area contributed by atoms with Gasteiger partial charge in [-0.05, 0) is 27.7 Å². The highest BCUT2D eigenvalue weighted by Gasteiger charge is 2.17. The predicted molar refractivity (Wildman–Crippen MR) is 80.2 cm³/mol. The third-order valence-corrected chi connectivity index (χ3v) is 3.59. The van der Waals surface area contributed by atoms with Crippen LogP contribution < -0.4 is 5.63 Å². The molecule has 6 heteroatoms. The molecule has 0 aliphatic heterocycles. The Bertz CT molecular complexity index is 877. The van der Waals surface area contributed by atoms with Gasteiger partial charge in [-0.1, -0.05) is 0 Å². The molecule has 21 heavy (non-hydrogen) atoms. The van der Waals surface area contributed by atoms with Gasteiger partial charge in [-0.25, -0.2) is 4.79 Å². The minimum atomic E-state index is -0.364. The Morgan fingerprint density at radius 3 is 2.62 bits per heavy atom. The Hall–Kier alpha value is -2.37. The first-order chi connectivity index (χ1) is 9.77. The number of aromatic nitrogens is 4. The number of fused-ring (bicyclic) bond motifs is 1. The molecule has 3 aromatic heterocycles. The highest BCUT2D eigenvalue weighted by atomic mass is 16.4. The molecule has 0 radical (unpaired) electrons. The van der Waals surface area contributed by atoms with Crippen molar-refractivity contribution in [3.05, 3.63) is 34.6 Å². The summed E-state index contributed by atoms with van der Waals surface area (Å²) in [6.07, 6.45) is 3.57. The molecule has 0 saturated heterocycles. The highest BCUT2D eigenvalue weighted by Crippen LogP contribution is 2.24. The summed E-state index contributed by atoms with van der Waals surface area (Å²) in [6.45, 7) is 8.03. The normalized spacial score (nSPS) is 12.2. The van der Waals surface area contributed by atoms with Crippen LogP contribution in [0.3, 0.4) is 0 Å². The number of rotatable bonds is 1. The monoisotopic (exact) mass is 286 g/mol. The molecule has 0 N–H and O–H groups in total. The fourth-order valence-electron chi connectivity index (χ4n) is 2.25. The van der Waals surface area contributed by atoms with Crippen LogP contribution in [0.5, 0.6) is 0 Å². The number of nitrogens with zero attached hydrogens (tertiary/aromatic N) is 4. The zero-order valence-electron chi connectivity index (χ0n) is 12.8. The first-order valence-electron chi connectivity index (χ1n) is 6.80. The molecule has 3 heterocycles. The Balaban J connectivity index is 2.18. The van der Waals surface area contributed by atoms with E-state index in [1.807, 2.05) is 24.9 Å². The summed E-state index contributed by atoms with van der Waals surface area (Å²) in [5, 5.41) is 9.20. The standard InChI is InChI=1S/C15H18N4O2/c1-9-13-11(17-18(9)5)6-12(21-14(13)20)10-7-16-19(8-10)15(2,3)4/h6-8H,1-5H3. The summed E-state index contributed by atoms with van der Waals surface area (Å²) in [6, 6.07) is 1.79. The molecule has 0 fully saturated rings. The van der Waals surface area contributed by atoms with Crippen LogP contribution in [-0.2, 0) is 12.6 Å². The molecular formula is C15H18N4O2. The van der Waals surface area contributed by atoms with E-state index in [1.54, 1.807) is 16.9 Å². The second-order valence-electron chi connectivity index (χ2n) is 6.21. The predicted octanol–water partition coefficient (Wildman–Crippen LogP) is 2.45. The van der Waals surface area contributed by atoms with Crippen LogP contribution in [0.1, 0.15) is 26.5 Å². The van der Waals surface area contributed by atoms with E-state index in [-0.39, 0.29) is 11.2 Å². The third kappa shape index (κ3) is 2.16. The van der Waals surface area contributed by atoms with E-state index in [0.717, 1.165) is 11.3 Å². The van der Waals surface area contributed by atoms with E-state index in [9.17, 15) is 4.79 Å². The van der Waals surface area contributed by atoms with Crippen LogP contribution in [0.4, 0.5) is 0 Å². The molecule has 0 spiro atoms. The zero-order chi connectivity index (χ0) is 15.4. The molecule has 0 aromatic carbocycles. The molecule has 110 valence electrons. The number of aryl methyl sites for hydroxylation is 2. The van der Waals surface area contributed by atoms with Crippen molar-refractivity contribution in [1.82, 2.24) is 19.6 Å². The lowest BCUT2D eigenvalue weighted by atomic mass is 10.1. The second kappa shape index (κ2) is 4.31. The van der Waals surface area contributed by atoms with E-state index in [4.69, 9.17) is 4.42 Å². The largest absolute Gasteiger partial charge is 0.422 e. The molecule has 3 aromatic rings. The van der Waals surface area contributed by atoms with Crippen molar-refractivity contribution in [1.29, 1.82) is 0 Å². The van der Waals surface area contributed by atoms with Crippen molar-refractivity contribution in [2.24, 2.45) is 7.05 Å². The zero-order valence-corrected chi connectivity index (χ0v) is 12.8. The number of hydrogen-bond acceptors (Lipinski definition) is 4. The van der Waals surface area contributed by atoms with Crippen molar-refractivity contribution in [2.45, 2.75) is 33.2 Å². The van der Waals surface area contributed by atoms with Crippen LogP contribution in [0, 0.1) is 6.92 Å². The number of hydrogen-bond donors (Lipinski definition) is 0. The molecule has 3 rings (SSSR count). The molecule has 0 atom stereocenters. The molecule has 0 aliphatic rings. The van der Waals surface area contributed by atoms with Crippen LogP contribution in [-0.4, -0.2) is 19.6 Å². The molecule has 0 aliphatic carbocycles. The minimum Gasteiger partial charge on any atom is -0.422 e. The van der Waals surface area contributed by atoms with Gasteiger partial charge in [0.05, 0.1) is 23.0 Å². The smallest absolute Gasteiger partial charge is 0.347 e. The average Bonchev–Trinajstić information content (AvgIpc) is 2.95. The van der Waals surface area contributed by atoms with Gasteiger partial charge < -0.3 is 4.42 Å². The lowest BCUT2D eigenvalue weighted by molar-refractivity contribution is 0.355. The van der Waals surface area contributed by atoms with Gasteiger partial charge in [0.15, 0.2) is 0 Å². The van der Waals surface area contributed by atoms with Crippen LogP contribution in [0.15, 0.2) is 27.7 Å². The molecule has 0 bridgehead atoms. The van der Waals surface area contributed by atoms with Crippen molar-refractivity contribution in [3.8, 4) is 11.3 Å². The van der Waals surface area contributed by atoms with Crippen LogP contribution >= 0.6 is 0 Å². The molecule has 0 amide bonds. The second-order valence-corrected chi connectivity index (χ2v) is 6.21. The molecule has 0 unspecified atom stereocenters. The molecule has 6 nitrogen and oxygen atoms in total. The highest BCUT2D eigenvalue weighted by molar-refractivity contribution is 5.82. The van der Waals surface area contributed by atoms with Gasteiger partial charge >= 0.3 is 5.63 Å². The maximum atomic E-state index is 12.2. The summed E-state index contributed by atoms with van der Waals surface area (Å²) in [5.41, 5.74) is 1.73. The Morgan fingerprint density at radius 2 is 2.00 bits per heavy atom. The fourth-order valence-corrected chi connectivity index (χ4v) is 2.25. The average molecular weight is 286 g/mol. The van der Waals surface area contributed by atoms with Gasteiger partial charge in [0, 0.05) is 19.3 Å². The SMILES string of the molecule is Cc1c2c(=O)oc(-c3cnn(C(C)(C)C)c3)cc2nn1C. The maximum absolute atomic E-state index is 12.2. The minimum absolute atomic E-state index is 0.121. The fraction of sp³-hybridized carbons (Fsp3) is 0.400. The first-order valence-corrected chi connectivity index (χ1v) is 6.80. The molecule has 0 saturated carbocycles. The third-order valence-electron chi connectivity index (χ3n) is 3.59. The summed E-state index contributed by atoms with van der Waals surface area (Å²) >= 11 is 0. The van der Waals surface area contributed by atoms with Crippen molar-refractivity contribution in [2.75, 3.05) is 0 Å². The van der Waals surface area contributed by atoms with Gasteiger partial charge in [-0.2, -0.15) is 10.2 Å². The summed E-state index contributed by atoms with van der Waals surface area (Å²) < 4.78 is 8.96. The Kier molecular flexibility index (Phi) is 2.79. The lowest BCUT2D eigenvalue weighted by Crippen LogP contribution is -2.21. The van der Waals surface area contributed by atoms with E-state index < -0.39 is 0 Å². The summed E-state index contributed by atoms with van der Waals surface area (Å²) in [5.74, 6) is 0.487. The van der Waals surface area contributed by atoms with Gasteiger partial charge in [-0.3, -0.25) is 9.36 Å². The van der Waals surface area contributed by atoms with E-state index in [0.29, 0.717) is 16.7 Å². The first kappa shape index (κ1) is 13.6. The summed E-state index contributed by atoms with van der Waals surface area (Å²) in [7, 11) is 1.81. The van der Waals surface area contributed by atoms with E-state index in [2.05, 4.69) is 31.0 Å². The van der Waals surface area contributed by atoms with Crippen LogP contribution in [0.2, 0.25) is 0 Å². The Morgan fingerprint density at radius 1 is 1.29 bits per heavy atom. The topological polar surface area (TPSA) is 65.8 Å². The van der Waals surface area contributed by atoms with Crippen molar-refractivity contribution < 1.29 is 4.42 Å². The molecular weight excluding hydrogens is 268 g/mol. The van der Waals surface area contributed by atoms with Crippen LogP contribution in [0.25, 0.3) is 22.2 Å². The lowest BCUT2D eigenvalue weighted by Gasteiger charge is -2.18. The van der Waals surface area contributed by atoms with Gasteiger partial charge in [-0.15, -0.1) is 0 Å². The van der Waals surface area contributed by atoms with Gasteiger partial charge in [0.2, 0.25) is 0 Å². The van der Waals surface area contributed by atoms with Gasteiger partial charge in [0.25, 0.3) is 0 Å². The van der Waals surface area contributed by atoms with Gasteiger partial charge in [0.1, 0.15) is 16.7 Å². The van der Waals surface area contributed by atoms with Crippen molar-refractivity contribution in [3.63, 3.8) is 0 Å². The maximum Gasteiger partial charge on any atom is 0.347 e.